The van der Waals surface area contributed by atoms with E-state index in [1.165, 1.54) is 0 Å². The Bertz CT molecular complexity index is 1760. The van der Waals surface area contributed by atoms with Gasteiger partial charge in [0.05, 0.1) is 0 Å². The van der Waals surface area contributed by atoms with Crippen molar-refractivity contribution in [2.24, 2.45) is 0 Å². The molecule has 22 heteroatoms. The summed E-state index contributed by atoms with van der Waals surface area (Å²) in [6.45, 7) is 10.2. The van der Waals surface area contributed by atoms with Crippen LogP contribution >= 0.6 is 36.7 Å². The molecule has 7 rings (SSSR count). The van der Waals surface area contributed by atoms with Crippen molar-refractivity contribution >= 4 is 69.7 Å². The molecule has 0 radical (unpaired) electrons. The Hall–Kier alpha value is -4.93. The molecule has 7 heterocycles. The van der Waals surface area contributed by atoms with E-state index in [9.17, 15) is 14.4 Å². The fourth-order valence-corrected chi connectivity index (χ4v) is 7.42. The summed E-state index contributed by atoms with van der Waals surface area (Å²) < 4.78 is 18.3. The first-order valence-corrected chi connectivity index (χ1v) is 20.8. The number of fused-ring (bicyclic) bond motifs is 24. The van der Waals surface area contributed by atoms with Gasteiger partial charge in [-0.2, -0.15) is 0 Å². The summed E-state index contributed by atoms with van der Waals surface area (Å²) in [7, 11) is 0. The maximum Gasteiger partial charge on any atom is 0.274 e. The summed E-state index contributed by atoms with van der Waals surface area (Å²) in [6, 6.07) is -2.27. The molecule has 19 nitrogen and oxygen atoms in total. The van der Waals surface area contributed by atoms with Gasteiger partial charge in [-0.25, -0.2) is 15.0 Å². The van der Waals surface area contributed by atoms with Crippen molar-refractivity contribution in [3.8, 4) is 0 Å². The van der Waals surface area contributed by atoms with Crippen LogP contribution in [0.15, 0.2) is 13.3 Å². The monoisotopic (exact) mass is 857 g/mol. The molecule has 3 aromatic rings. The van der Waals surface area contributed by atoms with Gasteiger partial charge in [-0.3, -0.25) is 19.3 Å². The molecule has 0 spiro atoms. The van der Waals surface area contributed by atoms with Crippen molar-refractivity contribution in [1.29, 1.82) is 0 Å². The van der Waals surface area contributed by atoms with Crippen LogP contribution in [0.25, 0.3) is 0 Å². The normalized spacial score (nSPS) is 23.8. The van der Waals surface area contributed by atoms with Gasteiger partial charge in [-0.05, 0) is 95.9 Å². The predicted octanol–water partition coefficient (Wildman–Crippen LogP) is 1.36. The smallest absolute Gasteiger partial charge is 0.274 e. The highest BCUT2D eigenvalue weighted by Crippen LogP contribution is 2.27. The van der Waals surface area contributed by atoms with Crippen molar-refractivity contribution in [2.45, 2.75) is 77.4 Å². The number of nitrogens with zero attached hydrogens (tertiary/aromatic N) is 4. The van der Waals surface area contributed by atoms with Gasteiger partial charge in [0.25, 0.3) is 17.7 Å². The summed E-state index contributed by atoms with van der Waals surface area (Å²) in [5, 5.41) is 30.1. The van der Waals surface area contributed by atoms with E-state index >= 15 is 0 Å². The van der Waals surface area contributed by atoms with Crippen molar-refractivity contribution < 1.29 is 27.6 Å². The summed E-state index contributed by atoms with van der Waals surface area (Å²) in [4.78, 5) is 58.0. The Morgan fingerprint density at radius 1 is 0.483 bits per heavy atom. The van der Waals surface area contributed by atoms with Crippen LogP contribution in [0.4, 0.5) is 0 Å². The molecule has 0 aliphatic carbocycles. The highest BCUT2D eigenvalue weighted by molar-refractivity contribution is 7.80. The molecule has 3 atom stereocenters. The number of amides is 3. The zero-order valence-electron chi connectivity index (χ0n) is 32.8. The standard InChI is InChI=1S/C36H51N13O6S3/c1-19-25-28(50)43-23-8-5-11-38-35(57)41-14-17-49-16-13-40-34(56)37-10-4-7-22(31(46-25)53-19)44-29(51)26-20(2)55-33(48-26)24(9-6-12-39-36(58)42-15-18-49)45-30(52)27-21(3)54-32(23)47-27/h22-24H,4-18H2,1-3H3,(H,43,50)(H,44,51)(H,45,52)(H2,37,40,56)(H2,38,41,57)(H2,39,42,58)/t22-,23-,24-/m0/s1. The SMILES string of the molecule is Cc1oc2nc1C(=O)N[C@H]1CCCNC(=S)NCCN3CCNC(=S)NCCC[C@@H]2NC(=O)c2nc(oc2C)[C@H](CCCNC(=S)NCC3)NC(=O)c2nc1oc2C. The van der Waals surface area contributed by atoms with Crippen LogP contribution in [0.5, 0.6) is 0 Å². The van der Waals surface area contributed by atoms with E-state index < -0.39 is 35.8 Å². The number of hydrogen-bond acceptors (Lipinski definition) is 13. The van der Waals surface area contributed by atoms with E-state index in [-0.39, 0.29) is 52.0 Å². The average molecular weight is 858 g/mol. The molecule has 0 aromatic carbocycles. The number of aryl methyl sites for hydroxylation is 3. The third-order valence-electron chi connectivity index (χ3n) is 9.90. The molecular formula is C36H51N13O6S3. The Morgan fingerprint density at radius 3 is 1.05 bits per heavy atom. The highest BCUT2D eigenvalue weighted by Gasteiger charge is 2.32. The minimum Gasteiger partial charge on any atom is -0.443 e. The second kappa shape index (κ2) is 20.2. The number of oxazole rings is 3. The maximum atomic E-state index is 14.0. The van der Waals surface area contributed by atoms with Crippen molar-refractivity contribution in [2.75, 3.05) is 58.9 Å². The molecule has 3 amide bonds. The largest absolute Gasteiger partial charge is 0.443 e. The fraction of sp³-hybridized carbons (Fsp3) is 0.583. The van der Waals surface area contributed by atoms with E-state index in [1.807, 2.05) is 0 Å². The quantitative estimate of drug-likeness (QED) is 0.145. The average Bonchev–Trinajstić information content (AvgIpc) is 3.89. The van der Waals surface area contributed by atoms with Gasteiger partial charge >= 0.3 is 0 Å². The third kappa shape index (κ3) is 11.4. The van der Waals surface area contributed by atoms with E-state index in [2.05, 4.69) is 67.7 Å². The molecular weight excluding hydrogens is 807 g/mol. The number of nitrogens with one attached hydrogen (secondary N) is 9. The number of carbonyl (C=O) groups is 3. The summed E-state index contributed by atoms with van der Waals surface area (Å²) >= 11 is 16.8. The summed E-state index contributed by atoms with van der Waals surface area (Å²) in [6.07, 6.45) is 2.78. The van der Waals surface area contributed by atoms with E-state index in [0.717, 1.165) is 0 Å². The van der Waals surface area contributed by atoms with Crippen LogP contribution in [-0.2, 0) is 0 Å². The van der Waals surface area contributed by atoms with Gasteiger partial charge in [-0.15, -0.1) is 0 Å². The molecule has 3 aromatic heterocycles. The minimum absolute atomic E-state index is 0.0329. The second-order valence-corrected chi connectivity index (χ2v) is 15.5. The van der Waals surface area contributed by atoms with Crippen LogP contribution in [0, 0.1) is 20.8 Å². The number of rotatable bonds is 0. The Labute approximate surface area is 352 Å². The van der Waals surface area contributed by atoms with Gasteiger partial charge in [0.1, 0.15) is 35.4 Å². The zero-order valence-corrected chi connectivity index (χ0v) is 35.3. The molecule has 0 saturated carbocycles. The van der Waals surface area contributed by atoms with Crippen molar-refractivity contribution in [3.05, 3.63) is 52.0 Å². The number of thiocarbonyl (C=S) groups is 3. The van der Waals surface area contributed by atoms with Crippen LogP contribution in [0.2, 0.25) is 0 Å². The van der Waals surface area contributed by atoms with E-state index in [4.69, 9.17) is 49.9 Å². The molecule has 0 saturated heterocycles. The first-order valence-electron chi connectivity index (χ1n) is 19.6. The van der Waals surface area contributed by atoms with Gasteiger partial charge in [0.15, 0.2) is 32.4 Å². The fourth-order valence-electron chi connectivity index (χ4n) is 6.81. The Kier molecular flexibility index (Phi) is 14.8. The molecule has 10 bridgehead atoms. The van der Waals surface area contributed by atoms with E-state index in [0.29, 0.717) is 113 Å². The third-order valence-corrected chi connectivity index (χ3v) is 10.8. The topological polar surface area (TPSA) is 241 Å². The Balaban J connectivity index is 1.42. The number of carbonyl (C=O) groups excluding carboxylic acids is 3. The second-order valence-electron chi connectivity index (χ2n) is 14.3. The maximum absolute atomic E-state index is 14.0. The van der Waals surface area contributed by atoms with Gasteiger partial charge in [0.2, 0.25) is 17.7 Å². The summed E-state index contributed by atoms with van der Waals surface area (Å²) in [5.41, 5.74) is 0.0988. The minimum atomic E-state index is -0.755. The highest BCUT2D eigenvalue weighted by atomic mass is 32.1. The molecule has 4 aliphatic rings. The molecule has 314 valence electrons. The van der Waals surface area contributed by atoms with Crippen LogP contribution < -0.4 is 47.9 Å². The first-order chi connectivity index (χ1) is 27.9. The van der Waals surface area contributed by atoms with E-state index in [1.54, 1.807) is 20.8 Å². The van der Waals surface area contributed by atoms with Gasteiger partial charge in [-0.1, -0.05) is 0 Å². The van der Waals surface area contributed by atoms with Gasteiger partial charge in [0, 0.05) is 58.9 Å². The predicted molar refractivity (Wildman–Crippen MR) is 224 cm³/mol. The van der Waals surface area contributed by atoms with Crippen LogP contribution in [0.1, 0.15) is 123 Å². The number of aromatic nitrogens is 3. The lowest BCUT2D eigenvalue weighted by atomic mass is 10.1. The molecule has 0 fully saturated rings. The lowest BCUT2D eigenvalue weighted by Crippen LogP contribution is -2.46. The lowest BCUT2D eigenvalue weighted by molar-refractivity contribution is 0.0915. The lowest BCUT2D eigenvalue weighted by Gasteiger charge is -2.24. The first kappa shape index (κ1) is 42.7. The van der Waals surface area contributed by atoms with Gasteiger partial charge < -0.3 is 61.1 Å². The van der Waals surface area contributed by atoms with Crippen molar-refractivity contribution in [1.82, 2.24) is 67.7 Å². The van der Waals surface area contributed by atoms with Crippen LogP contribution in [-0.4, -0.2) is 112 Å². The number of hydrogen-bond donors (Lipinski definition) is 9. The molecule has 0 unspecified atom stereocenters. The molecule has 4 aliphatic heterocycles. The molecule has 9 N–H and O–H groups in total. The zero-order chi connectivity index (χ0) is 41.2. The molecule has 58 heavy (non-hydrogen) atoms. The summed E-state index contributed by atoms with van der Waals surface area (Å²) in [5.74, 6) is -0.419. The van der Waals surface area contributed by atoms with Crippen LogP contribution in [0.3, 0.4) is 0 Å². The Morgan fingerprint density at radius 2 is 0.759 bits per heavy atom. The van der Waals surface area contributed by atoms with Crippen molar-refractivity contribution in [3.63, 3.8) is 0 Å².